The SMILES string of the molecule is N=C1C(c2ccc3c4c(cccc24)C(=Nc2ccccn2)N3)=CC=C(c2ccc3c4c(cccc24)NC3=Nc2ccccn2)C1=NS. The van der Waals surface area contributed by atoms with Crippen molar-refractivity contribution in [3.8, 4) is 0 Å². The lowest BCUT2D eigenvalue weighted by Gasteiger charge is -2.21. The van der Waals surface area contributed by atoms with Gasteiger partial charge >= 0.3 is 0 Å². The summed E-state index contributed by atoms with van der Waals surface area (Å²) in [7, 11) is 0. The average Bonchev–Trinajstić information content (AvgIpc) is 3.65. The van der Waals surface area contributed by atoms with Gasteiger partial charge in [0.05, 0.1) is 5.71 Å². The minimum atomic E-state index is 0.310. The summed E-state index contributed by atoms with van der Waals surface area (Å²) in [5, 5.41) is 20.5. The van der Waals surface area contributed by atoms with Crippen LogP contribution in [0.3, 0.4) is 0 Å². The Morgan fingerprint density at radius 1 is 0.553 bits per heavy atom. The largest absolute Gasteiger partial charge is 0.339 e. The van der Waals surface area contributed by atoms with Crippen molar-refractivity contribution in [3.63, 3.8) is 0 Å². The highest BCUT2D eigenvalue weighted by Gasteiger charge is 2.29. The molecule has 0 unspecified atom stereocenters. The minimum Gasteiger partial charge on any atom is -0.339 e. The standard InChI is InChI=1S/C38H24N8S/c39-35-25(21-17-18-30-33-23(21)7-5-9-27(33)37(43-30)44-31-11-1-3-19-40-31)14-15-26(36(35)46-47)22-13-16-28-34-24(22)8-6-10-29(34)42-38(28)45-32-12-2-4-20-41-32/h1-20,39,47H,(H,40,43,44)(H,41,42,45). The Morgan fingerprint density at radius 3 is 1.74 bits per heavy atom. The normalized spacial score (nSPS) is 17.4. The van der Waals surface area contributed by atoms with E-state index in [0.29, 0.717) is 23.1 Å². The third-order valence-electron chi connectivity index (χ3n) is 8.71. The molecule has 1 aliphatic carbocycles. The Labute approximate surface area is 275 Å². The molecule has 0 saturated heterocycles. The van der Waals surface area contributed by atoms with Crippen molar-refractivity contribution in [2.75, 3.05) is 10.6 Å². The second-order valence-corrected chi connectivity index (χ2v) is 11.5. The first-order valence-corrected chi connectivity index (χ1v) is 15.5. The van der Waals surface area contributed by atoms with Gasteiger partial charge in [0.2, 0.25) is 0 Å². The Balaban J connectivity index is 1.15. The van der Waals surface area contributed by atoms with Crippen molar-refractivity contribution in [3.05, 3.63) is 144 Å². The molecular weight excluding hydrogens is 601 g/mol. The van der Waals surface area contributed by atoms with E-state index in [1.165, 1.54) is 0 Å². The summed E-state index contributed by atoms with van der Waals surface area (Å²) in [6, 6.07) is 32.0. The molecule has 0 bridgehead atoms. The van der Waals surface area contributed by atoms with Crippen LogP contribution in [0.2, 0.25) is 0 Å². The summed E-state index contributed by atoms with van der Waals surface area (Å²) in [6.45, 7) is 0. The number of anilines is 2. The molecule has 0 atom stereocenters. The van der Waals surface area contributed by atoms with Gasteiger partial charge in [0.15, 0.2) is 11.6 Å². The quantitative estimate of drug-likeness (QED) is 0.116. The zero-order valence-corrected chi connectivity index (χ0v) is 25.6. The smallest absolute Gasteiger partial charge is 0.154 e. The van der Waals surface area contributed by atoms with E-state index in [1.54, 1.807) is 12.4 Å². The third-order valence-corrected chi connectivity index (χ3v) is 8.91. The molecular formula is C38H24N8S. The number of thiol groups is 1. The van der Waals surface area contributed by atoms with Gasteiger partial charge in [-0.15, -0.1) is 0 Å². The van der Waals surface area contributed by atoms with Crippen LogP contribution in [-0.4, -0.2) is 33.1 Å². The fourth-order valence-corrected chi connectivity index (χ4v) is 6.87. The Hall–Kier alpha value is -6.19. The molecule has 3 N–H and O–H groups in total. The molecule has 8 nitrogen and oxygen atoms in total. The van der Waals surface area contributed by atoms with Crippen molar-refractivity contribution in [1.29, 1.82) is 5.41 Å². The fourth-order valence-electron chi connectivity index (χ4n) is 6.66. The maximum atomic E-state index is 9.39. The monoisotopic (exact) mass is 624 g/mol. The second kappa shape index (κ2) is 10.7. The van der Waals surface area contributed by atoms with Gasteiger partial charge in [-0.2, -0.15) is 0 Å². The number of aliphatic imine (C=N–C) groups is 2. The summed E-state index contributed by atoms with van der Waals surface area (Å²) in [5.74, 6) is 2.79. The number of nitrogens with zero attached hydrogens (tertiary/aromatic N) is 5. The Kier molecular flexibility index (Phi) is 6.19. The molecule has 4 heterocycles. The average molecular weight is 625 g/mol. The first kappa shape index (κ1) is 27.1. The first-order valence-electron chi connectivity index (χ1n) is 15.1. The van der Waals surface area contributed by atoms with Crippen LogP contribution in [-0.2, 0) is 0 Å². The zero-order valence-electron chi connectivity index (χ0n) is 24.7. The second-order valence-electron chi connectivity index (χ2n) is 11.3. The predicted octanol–water partition coefficient (Wildman–Crippen LogP) is 8.58. The van der Waals surface area contributed by atoms with E-state index in [0.717, 1.165) is 78.0 Å². The van der Waals surface area contributed by atoms with E-state index >= 15 is 0 Å². The summed E-state index contributed by atoms with van der Waals surface area (Å²) in [4.78, 5) is 18.3. The topological polar surface area (TPSA) is 111 Å². The van der Waals surface area contributed by atoms with Crippen LogP contribution in [0, 0.1) is 5.41 Å². The molecule has 47 heavy (non-hydrogen) atoms. The third kappa shape index (κ3) is 4.32. The highest BCUT2D eigenvalue weighted by Crippen LogP contribution is 2.42. The van der Waals surface area contributed by atoms with Gasteiger partial charge < -0.3 is 10.6 Å². The first-order chi connectivity index (χ1) is 23.2. The highest BCUT2D eigenvalue weighted by molar-refractivity contribution is 7.79. The Bertz CT molecular complexity index is 2480. The van der Waals surface area contributed by atoms with Gasteiger partial charge in [-0.3, -0.25) is 5.41 Å². The van der Waals surface area contributed by atoms with Gasteiger partial charge in [0.1, 0.15) is 17.4 Å². The van der Waals surface area contributed by atoms with Gasteiger partial charge in [-0.25, -0.2) is 24.4 Å². The summed E-state index contributed by atoms with van der Waals surface area (Å²) in [6.07, 6.45) is 7.54. The van der Waals surface area contributed by atoms with E-state index in [1.807, 2.05) is 66.7 Å². The lowest BCUT2D eigenvalue weighted by Crippen LogP contribution is -2.19. The molecule has 0 amide bonds. The number of rotatable bonds is 4. The van der Waals surface area contributed by atoms with Gasteiger partial charge in [-0.05, 0) is 77.2 Å². The molecule has 2 aliphatic heterocycles. The van der Waals surface area contributed by atoms with Crippen molar-refractivity contribution in [2.45, 2.75) is 0 Å². The maximum Gasteiger partial charge on any atom is 0.154 e. The van der Waals surface area contributed by atoms with Gasteiger partial charge in [-0.1, -0.05) is 66.7 Å². The fraction of sp³-hybridized carbons (Fsp3) is 0. The maximum absolute atomic E-state index is 9.39. The number of benzene rings is 4. The summed E-state index contributed by atoms with van der Waals surface area (Å²) in [5.41, 5.74) is 8.31. The molecule has 9 rings (SSSR count). The van der Waals surface area contributed by atoms with Crippen LogP contribution in [0.25, 0.3) is 32.7 Å². The number of aromatic nitrogens is 2. The molecule has 0 saturated carbocycles. The van der Waals surface area contributed by atoms with E-state index < -0.39 is 0 Å². The number of hydrogen-bond acceptors (Lipinski definition) is 7. The molecule has 0 spiro atoms. The van der Waals surface area contributed by atoms with Crippen LogP contribution >= 0.6 is 12.8 Å². The number of allylic oxidation sites excluding steroid dienone is 4. The number of amidine groups is 2. The van der Waals surface area contributed by atoms with Crippen molar-refractivity contribution >= 4 is 91.6 Å². The van der Waals surface area contributed by atoms with Crippen LogP contribution in [0.5, 0.6) is 0 Å². The van der Waals surface area contributed by atoms with Crippen LogP contribution in [0.4, 0.5) is 23.0 Å². The van der Waals surface area contributed by atoms with E-state index in [9.17, 15) is 5.41 Å². The summed E-state index contributed by atoms with van der Waals surface area (Å²) >= 11 is 4.39. The molecule has 3 aliphatic rings. The van der Waals surface area contributed by atoms with Crippen molar-refractivity contribution in [2.24, 2.45) is 14.4 Å². The van der Waals surface area contributed by atoms with Gasteiger partial charge in [0.25, 0.3) is 0 Å². The zero-order chi connectivity index (χ0) is 31.5. The van der Waals surface area contributed by atoms with E-state index in [4.69, 9.17) is 9.98 Å². The number of pyridine rings is 2. The summed E-state index contributed by atoms with van der Waals surface area (Å²) < 4.78 is 4.38. The molecule has 222 valence electrons. The molecule has 4 aromatic carbocycles. The Morgan fingerprint density at radius 2 is 1.11 bits per heavy atom. The molecule has 2 aromatic heterocycles. The molecule has 0 radical (unpaired) electrons. The molecule has 6 aromatic rings. The van der Waals surface area contributed by atoms with E-state index in [2.05, 4.69) is 80.3 Å². The molecule has 0 fully saturated rings. The van der Waals surface area contributed by atoms with Crippen molar-refractivity contribution < 1.29 is 0 Å². The lowest BCUT2D eigenvalue weighted by molar-refractivity contribution is 1.27. The number of nitrogens with one attached hydrogen (secondary N) is 3. The van der Waals surface area contributed by atoms with Crippen LogP contribution < -0.4 is 10.6 Å². The van der Waals surface area contributed by atoms with E-state index in [-0.39, 0.29) is 0 Å². The van der Waals surface area contributed by atoms with Crippen LogP contribution in [0.15, 0.2) is 136 Å². The molecule has 9 heteroatoms. The lowest BCUT2D eigenvalue weighted by atomic mass is 9.83. The number of hydrogen-bond donors (Lipinski definition) is 4. The minimum absolute atomic E-state index is 0.310. The predicted molar refractivity (Wildman–Crippen MR) is 196 cm³/mol. The van der Waals surface area contributed by atoms with Gasteiger partial charge in [0, 0.05) is 56.8 Å². The van der Waals surface area contributed by atoms with Crippen LogP contribution in [0.1, 0.15) is 22.3 Å². The highest BCUT2D eigenvalue weighted by atomic mass is 32.1. The van der Waals surface area contributed by atoms with Crippen molar-refractivity contribution in [1.82, 2.24) is 9.97 Å².